The highest BCUT2D eigenvalue weighted by Gasteiger charge is 2.25. The SMILES string of the molecule is CC.CSc1nc(CN(C)C2CCCc3cccnc32)cc(N2CCN(C)CC2)n1. The van der Waals surface area contributed by atoms with E-state index in [9.17, 15) is 0 Å². The van der Waals surface area contributed by atoms with Gasteiger partial charge in [-0.05, 0) is 51.2 Å². The topological polar surface area (TPSA) is 48.4 Å². The van der Waals surface area contributed by atoms with Gasteiger partial charge < -0.3 is 9.80 Å². The van der Waals surface area contributed by atoms with E-state index in [0.717, 1.165) is 62.2 Å². The van der Waals surface area contributed by atoms with Gasteiger partial charge in [-0.25, -0.2) is 9.97 Å². The van der Waals surface area contributed by atoms with Gasteiger partial charge in [0.05, 0.1) is 17.4 Å². The Balaban J connectivity index is 0.00000124. The number of fused-ring (bicyclic) bond motifs is 1. The van der Waals surface area contributed by atoms with Gasteiger partial charge >= 0.3 is 0 Å². The van der Waals surface area contributed by atoms with Crippen LogP contribution in [0, 0.1) is 0 Å². The second-order valence-corrected chi connectivity index (χ2v) is 8.64. The first kappa shape index (κ1) is 23.0. The van der Waals surface area contributed by atoms with Crippen LogP contribution in [0.5, 0.6) is 0 Å². The highest BCUT2D eigenvalue weighted by Crippen LogP contribution is 2.33. The minimum Gasteiger partial charge on any atom is -0.354 e. The number of aryl methyl sites for hydroxylation is 1. The van der Waals surface area contributed by atoms with E-state index in [1.54, 1.807) is 11.8 Å². The average molecular weight is 429 g/mol. The summed E-state index contributed by atoms with van der Waals surface area (Å²) in [7, 11) is 4.38. The number of thioether (sulfide) groups is 1. The second-order valence-electron chi connectivity index (χ2n) is 7.87. The Morgan fingerprint density at radius 3 is 2.67 bits per heavy atom. The zero-order valence-electron chi connectivity index (χ0n) is 19.1. The van der Waals surface area contributed by atoms with Crippen LogP contribution in [0.15, 0.2) is 29.6 Å². The van der Waals surface area contributed by atoms with Crippen LogP contribution in [-0.4, -0.2) is 71.3 Å². The van der Waals surface area contributed by atoms with E-state index in [0.29, 0.717) is 6.04 Å². The van der Waals surface area contributed by atoms with E-state index >= 15 is 0 Å². The number of hydrogen-bond acceptors (Lipinski definition) is 7. The molecule has 0 amide bonds. The van der Waals surface area contributed by atoms with E-state index in [1.165, 1.54) is 17.7 Å². The fourth-order valence-electron chi connectivity index (χ4n) is 4.21. The van der Waals surface area contributed by atoms with E-state index in [4.69, 9.17) is 15.0 Å². The first-order valence-electron chi connectivity index (χ1n) is 11.1. The highest BCUT2D eigenvalue weighted by atomic mass is 32.2. The van der Waals surface area contributed by atoms with E-state index in [-0.39, 0.29) is 0 Å². The lowest BCUT2D eigenvalue weighted by Crippen LogP contribution is -2.45. The highest BCUT2D eigenvalue weighted by molar-refractivity contribution is 7.98. The van der Waals surface area contributed by atoms with Gasteiger partial charge in [-0.15, -0.1) is 0 Å². The lowest BCUT2D eigenvalue weighted by atomic mass is 9.91. The van der Waals surface area contributed by atoms with Crippen molar-refractivity contribution >= 4 is 17.6 Å². The maximum atomic E-state index is 4.81. The second kappa shape index (κ2) is 11.1. The van der Waals surface area contributed by atoms with Crippen molar-refractivity contribution in [3.05, 3.63) is 41.3 Å². The van der Waals surface area contributed by atoms with E-state index in [2.05, 4.69) is 53.2 Å². The average Bonchev–Trinajstić information content (AvgIpc) is 2.80. The molecule has 2 aliphatic rings. The van der Waals surface area contributed by atoms with Gasteiger partial charge in [-0.3, -0.25) is 9.88 Å². The molecule has 0 saturated carbocycles. The van der Waals surface area contributed by atoms with Crippen molar-refractivity contribution in [3.8, 4) is 0 Å². The molecule has 0 aromatic carbocycles. The molecule has 4 rings (SSSR count). The number of nitrogens with zero attached hydrogens (tertiary/aromatic N) is 6. The Morgan fingerprint density at radius 1 is 1.17 bits per heavy atom. The predicted molar refractivity (Wildman–Crippen MR) is 126 cm³/mol. The minimum absolute atomic E-state index is 0.365. The van der Waals surface area contributed by atoms with Gasteiger partial charge in [-0.1, -0.05) is 31.7 Å². The van der Waals surface area contributed by atoms with Crippen molar-refractivity contribution in [3.63, 3.8) is 0 Å². The van der Waals surface area contributed by atoms with Crippen LogP contribution in [0.2, 0.25) is 0 Å². The third-order valence-corrected chi connectivity index (χ3v) is 6.41. The number of piperazine rings is 1. The molecule has 0 bridgehead atoms. The van der Waals surface area contributed by atoms with E-state index in [1.807, 2.05) is 20.0 Å². The molecule has 2 aromatic rings. The van der Waals surface area contributed by atoms with Crippen LogP contribution in [0.25, 0.3) is 0 Å². The summed E-state index contributed by atoms with van der Waals surface area (Å²) in [6, 6.07) is 6.83. The van der Waals surface area contributed by atoms with Crippen molar-refractivity contribution < 1.29 is 0 Å². The van der Waals surface area contributed by atoms with Crippen molar-refractivity contribution in [2.24, 2.45) is 0 Å². The maximum Gasteiger partial charge on any atom is 0.189 e. The van der Waals surface area contributed by atoms with Crippen molar-refractivity contribution in [2.75, 3.05) is 51.4 Å². The summed E-state index contributed by atoms with van der Waals surface area (Å²) in [6.07, 6.45) is 7.50. The summed E-state index contributed by atoms with van der Waals surface area (Å²) < 4.78 is 0. The zero-order chi connectivity index (χ0) is 21.5. The maximum absolute atomic E-state index is 4.81. The first-order chi connectivity index (χ1) is 14.6. The number of aromatic nitrogens is 3. The van der Waals surface area contributed by atoms with Crippen LogP contribution in [0.1, 0.15) is 49.7 Å². The summed E-state index contributed by atoms with van der Waals surface area (Å²) >= 11 is 1.62. The lowest BCUT2D eigenvalue weighted by molar-refractivity contribution is 0.205. The van der Waals surface area contributed by atoms with Crippen LogP contribution < -0.4 is 4.90 Å². The van der Waals surface area contributed by atoms with Crippen LogP contribution in [0.3, 0.4) is 0 Å². The molecule has 1 atom stereocenters. The first-order valence-corrected chi connectivity index (χ1v) is 12.4. The third kappa shape index (κ3) is 5.50. The fourth-order valence-corrected chi connectivity index (χ4v) is 4.60. The smallest absolute Gasteiger partial charge is 0.189 e. The van der Waals surface area contributed by atoms with Crippen molar-refractivity contribution in [1.29, 1.82) is 0 Å². The molecule has 1 aliphatic heterocycles. The molecule has 6 nitrogen and oxygen atoms in total. The van der Waals surface area contributed by atoms with Crippen LogP contribution >= 0.6 is 11.8 Å². The summed E-state index contributed by atoms with van der Waals surface area (Å²) in [5.41, 5.74) is 3.74. The van der Waals surface area contributed by atoms with Crippen LogP contribution in [0.4, 0.5) is 5.82 Å². The number of anilines is 1. The molecule has 164 valence electrons. The van der Waals surface area contributed by atoms with E-state index < -0.39 is 0 Å². The number of likely N-dealkylation sites (N-methyl/N-ethyl adjacent to an activating group) is 1. The fraction of sp³-hybridized carbons (Fsp3) is 0.609. The molecule has 1 saturated heterocycles. The third-order valence-electron chi connectivity index (χ3n) is 5.86. The summed E-state index contributed by atoms with van der Waals surface area (Å²) in [4.78, 5) is 21.5. The Labute approximate surface area is 186 Å². The molecule has 3 heterocycles. The van der Waals surface area contributed by atoms with Crippen molar-refractivity contribution in [2.45, 2.75) is 50.9 Å². The molecule has 2 aromatic heterocycles. The van der Waals surface area contributed by atoms with Gasteiger partial charge in [-0.2, -0.15) is 0 Å². The Kier molecular flexibility index (Phi) is 8.48. The van der Waals surface area contributed by atoms with Crippen molar-refractivity contribution in [1.82, 2.24) is 24.8 Å². The number of pyridine rings is 1. The minimum atomic E-state index is 0.365. The molecular weight excluding hydrogens is 392 g/mol. The molecule has 1 fully saturated rings. The van der Waals surface area contributed by atoms with Gasteiger partial charge in [0.2, 0.25) is 0 Å². The number of hydrogen-bond donors (Lipinski definition) is 0. The molecule has 1 aliphatic carbocycles. The number of rotatable bonds is 5. The zero-order valence-corrected chi connectivity index (χ0v) is 20.0. The van der Waals surface area contributed by atoms with Gasteiger partial charge in [0.1, 0.15) is 5.82 Å². The van der Waals surface area contributed by atoms with Gasteiger partial charge in [0, 0.05) is 45.0 Å². The lowest BCUT2D eigenvalue weighted by Gasteiger charge is -2.34. The molecule has 0 N–H and O–H groups in total. The molecule has 7 heteroatoms. The Hall–Kier alpha value is -1.70. The summed E-state index contributed by atoms with van der Waals surface area (Å²) in [6.45, 7) is 9.03. The predicted octanol–water partition coefficient (Wildman–Crippen LogP) is 3.88. The summed E-state index contributed by atoms with van der Waals surface area (Å²) in [5, 5.41) is 0.863. The van der Waals surface area contributed by atoms with Gasteiger partial charge in [0.15, 0.2) is 5.16 Å². The Bertz CT molecular complexity index is 806. The monoisotopic (exact) mass is 428 g/mol. The molecule has 30 heavy (non-hydrogen) atoms. The van der Waals surface area contributed by atoms with Gasteiger partial charge in [0.25, 0.3) is 0 Å². The molecule has 0 spiro atoms. The van der Waals surface area contributed by atoms with Crippen LogP contribution in [-0.2, 0) is 13.0 Å². The normalized spacial score (nSPS) is 19.3. The molecule has 1 unspecified atom stereocenters. The Morgan fingerprint density at radius 2 is 1.93 bits per heavy atom. The molecule has 0 radical (unpaired) electrons. The largest absolute Gasteiger partial charge is 0.354 e. The standard InChI is InChI=1S/C21H30N6S.C2H6/c1-25-10-12-27(13-11-25)19-14-17(23-21(24-19)28-3)15-26(2)18-8-4-6-16-7-5-9-22-20(16)18;1-2/h5,7,9,14,18H,4,6,8,10-13,15H2,1-3H3;1-2H3. The molecular formula is C23H36N6S. The quantitative estimate of drug-likeness (QED) is 0.529. The summed E-state index contributed by atoms with van der Waals surface area (Å²) in [5.74, 6) is 1.07.